The molecule has 0 fully saturated rings. The highest BCUT2D eigenvalue weighted by Crippen LogP contribution is 2.18. The first kappa shape index (κ1) is 24.7. The number of carbonyl (C=O) groups is 3. The van der Waals surface area contributed by atoms with E-state index in [4.69, 9.17) is 14.2 Å². The van der Waals surface area contributed by atoms with E-state index >= 15 is 0 Å². The lowest BCUT2D eigenvalue weighted by Gasteiger charge is -2.18. The van der Waals surface area contributed by atoms with Gasteiger partial charge in [-0.25, -0.2) is 9.59 Å². The van der Waals surface area contributed by atoms with E-state index < -0.39 is 30.5 Å². The van der Waals surface area contributed by atoms with Crippen LogP contribution < -0.4 is 14.8 Å². The fourth-order valence-electron chi connectivity index (χ4n) is 2.77. The first-order chi connectivity index (χ1) is 15.4. The lowest BCUT2D eigenvalue weighted by molar-refractivity contribution is -0.151. The summed E-state index contributed by atoms with van der Waals surface area (Å²) in [5.41, 5.74) is 1.06. The number of benzene rings is 2. The van der Waals surface area contributed by atoms with Crippen molar-refractivity contribution in [1.29, 1.82) is 0 Å². The second-order valence-corrected chi connectivity index (χ2v) is 7.47. The van der Waals surface area contributed by atoms with Crippen molar-refractivity contribution in [2.45, 2.75) is 32.9 Å². The molecule has 2 aromatic rings. The summed E-state index contributed by atoms with van der Waals surface area (Å²) < 4.78 is 20.7. The number of esters is 2. The molecule has 0 aliphatic carbocycles. The van der Waals surface area contributed by atoms with Crippen LogP contribution in [0.15, 0.2) is 54.6 Å². The largest absolute Gasteiger partial charge is 0.489 e. The number of hydrogen-bond acceptors (Lipinski definition) is 7. The summed E-state index contributed by atoms with van der Waals surface area (Å²) >= 11 is 0. The Balaban J connectivity index is 1.70. The minimum absolute atomic E-state index is 0.172. The predicted molar refractivity (Wildman–Crippen MR) is 117 cm³/mol. The summed E-state index contributed by atoms with van der Waals surface area (Å²) in [6, 6.07) is 15.8. The van der Waals surface area contributed by atoms with Gasteiger partial charge in [-0.3, -0.25) is 4.79 Å². The Morgan fingerprint density at radius 3 is 2.09 bits per heavy atom. The van der Waals surface area contributed by atoms with Gasteiger partial charge < -0.3 is 24.3 Å². The second-order valence-electron chi connectivity index (χ2n) is 7.47. The van der Waals surface area contributed by atoms with Crippen LogP contribution in [0.1, 0.15) is 25.8 Å². The van der Waals surface area contributed by atoms with Gasteiger partial charge in [0, 0.05) is 0 Å². The number of rotatable bonds is 12. The van der Waals surface area contributed by atoms with E-state index in [1.54, 1.807) is 24.3 Å². The van der Waals surface area contributed by atoms with Gasteiger partial charge in [-0.1, -0.05) is 44.2 Å². The molecular formula is C24H29NO7. The van der Waals surface area contributed by atoms with Crippen LogP contribution in [0.3, 0.4) is 0 Å². The second kappa shape index (κ2) is 13.0. The molecule has 172 valence electrons. The maximum atomic E-state index is 12.0. The Morgan fingerprint density at radius 2 is 1.50 bits per heavy atom. The van der Waals surface area contributed by atoms with E-state index in [0.29, 0.717) is 24.5 Å². The predicted octanol–water partition coefficient (Wildman–Crippen LogP) is 2.89. The molecule has 1 N–H and O–H groups in total. The van der Waals surface area contributed by atoms with Crippen LogP contribution in [0.5, 0.6) is 11.5 Å². The molecule has 32 heavy (non-hydrogen) atoms. The first-order valence-electron chi connectivity index (χ1n) is 10.3. The molecule has 1 atom stereocenters. The minimum atomic E-state index is -0.787. The van der Waals surface area contributed by atoms with E-state index in [1.807, 2.05) is 44.2 Å². The fraction of sp³-hybridized carbons (Fsp3) is 0.375. The highest BCUT2D eigenvalue weighted by molar-refractivity contribution is 5.86. The van der Waals surface area contributed by atoms with Gasteiger partial charge >= 0.3 is 11.9 Å². The van der Waals surface area contributed by atoms with Gasteiger partial charge in [0.15, 0.2) is 13.2 Å². The zero-order valence-electron chi connectivity index (χ0n) is 18.5. The van der Waals surface area contributed by atoms with Crippen molar-refractivity contribution in [1.82, 2.24) is 5.32 Å². The van der Waals surface area contributed by atoms with Gasteiger partial charge in [0.1, 0.15) is 24.1 Å². The summed E-state index contributed by atoms with van der Waals surface area (Å²) in [4.78, 5) is 35.6. The van der Waals surface area contributed by atoms with Crippen molar-refractivity contribution in [3.8, 4) is 11.5 Å². The van der Waals surface area contributed by atoms with Gasteiger partial charge in [-0.2, -0.15) is 0 Å². The van der Waals surface area contributed by atoms with E-state index in [-0.39, 0.29) is 12.5 Å². The normalized spacial score (nSPS) is 11.4. The molecule has 0 bridgehead atoms. The first-order valence-corrected chi connectivity index (χ1v) is 10.3. The summed E-state index contributed by atoms with van der Waals surface area (Å²) in [6.07, 6.45) is 0.417. The SMILES string of the molecule is COC(=O)C(CC(C)C)NC(=O)COC(=O)COc1ccc(OCc2ccccc2)cc1. The molecule has 8 nitrogen and oxygen atoms in total. The van der Waals surface area contributed by atoms with E-state index in [1.165, 1.54) is 7.11 Å². The molecule has 0 aliphatic heterocycles. The van der Waals surface area contributed by atoms with Crippen LogP contribution in [0.25, 0.3) is 0 Å². The molecule has 8 heteroatoms. The maximum absolute atomic E-state index is 12.0. The Kier molecular flexibility index (Phi) is 10.0. The van der Waals surface area contributed by atoms with Crippen molar-refractivity contribution in [2.75, 3.05) is 20.3 Å². The molecule has 2 aromatic carbocycles. The average Bonchev–Trinajstić information content (AvgIpc) is 2.80. The van der Waals surface area contributed by atoms with Crippen LogP contribution >= 0.6 is 0 Å². The lowest BCUT2D eigenvalue weighted by Crippen LogP contribution is -2.44. The van der Waals surface area contributed by atoms with Gasteiger partial charge in [0.05, 0.1) is 7.11 Å². The molecule has 0 radical (unpaired) electrons. The standard InChI is InChI=1S/C24H29NO7/c1-17(2)13-21(24(28)29-3)25-22(26)15-32-23(27)16-31-20-11-9-19(10-12-20)30-14-18-7-5-4-6-8-18/h4-12,17,21H,13-16H2,1-3H3,(H,25,26). The third-order valence-electron chi connectivity index (χ3n) is 4.32. The monoisotopic (exact) mass is 443 g/mol. The van der Waals surface area contributed by atoms with Crippen LogP contribution in [-0.4, -0.2) is 44.2 Å². The third-order valence-corrected chi connectivity index (χ3v) is 4.32. The Morgan fingerprint density at radius 1 is 0.875 bits per heavy atom. The summed E-state index contributed by atoms with van der Waals surface area (Å²) in [6.45, 7) is 3.41. The van der Waals surface area contributed by atoms with Gasteiger partial charge in [0.2, 0.25) is 0 Å². The Labute approximate surface area is 187 Å². The molecule has 0 saturated heterocycles. The summed E-state index contributed by atoms with van der Waals surface area (Å²) in [5.74, 6) is -0.538. The van der Waals surface area contributed by atoms with Gasteiger partial charge in [-0.15, -0.1) is 0 Å². The van der Waals surface area contributed by atoms with E-state index in [2.05, 4.69) is 10.1 Å². The third kappa shape index (κ3) is 9.07. The average molecular weight is 443 g/mol. The quantitative estimate of drug-likeness (QED) is 0.504. The molecule has 2 rings (SSSR count). The van der Waals surface area contributed by atoms with Crippen molar-refractivity contribution in [3.05, 3.63) is 60.2 Å². The van der Waals surface area contributed by atoms with Crippen molar-refractivity contribution >= 4 is 17.8 Å². The van der Waals surface area contributed by atoms with E-state index in [0.717, 1.165) is 5.56 Å². The number of amides is 1. The number of hydrogen-bond donors (Lipinski definition) is 1. The van der Waals surface area contributed by atoms with Crippen LogP contribution in [-0.2, 0) is 30.5 Å². The number of ether oxygens (including phenoxy) is 4. The minimum Gasteiger partial charge on any atom is -0.489 e. The van der Waals surface area contributed by atoms with Crippen LogP contribution in [0.2, 0.25) is 0 Å². The van der Waals surface area contributed by atoms with Crippen molar-refractivity contribution in [2.24, 2.45) is 5.92 Å². The topological polar surface area (TPSA) is 100 Å². The summed E-state index contributed by atoms with van der Waals surface area (Å²) in [7, 11) is 1.25. The van der Waals surface area contributed by atoms with Crippen LogP contribution in [0.4, 0.5) is 0 Å². The number of methoxy groups -OCH3 is 1. The smallest absolute Gasteiger partial charge is 0.344 e. The molecule has 0 spiro atoms. The zero-order valence-corrected chi connectivity index (χ0v) is 18.5. The van der Waals surface area contributed by atoms with Crippen molar-refractivity contribution in [3.63, 3.8) is 0 Å². The molecule has 0 heterocycles. The zero-order chi connectivity index (χ0) is 23.3. The maximum Gasteiger partial charge on any atom is 0.344 e. The molecule has 1 unspecified atom stereocenters. The van der Waals surface area contributed by atoms with Crippen LogP contribution in [0, 0.1) is 5.92 Å². The fourth-order valence-corrected chi connectivity index (χ4v) is 2.77. The molecule has 1 amide bonds. The summed E-state index contributed by atoms with van der Waals surface area (Å²) in [5, 5.41) is 2.51. The molecule has 0 aliphatic rings. The number of nitrogens with one attached hydrogen (secondary N) is 1. The molecule has 0 saturated carbocycles. The highest BCUT2D eigenvalue weighted by atomic mass is 16.6. The molecular weight excluding hydrogens is 414 g/mol. The highest BCUT2D eigenvalue weighted by Gasteiger charge is 2.23. The van der Waals surface area contributed by atoms with Crippen molar-refractivity contribution < 1.29 is 33.3 Å². The Hall–Kier alpha value is -3.55. The lowest BCUT2D eigenvalue weighted by atomic mass is 10.0. The van der Waals surface area contributed by atoms with Gasteiger partial charge in [-0.05, 0) is 42.2 Å². The van der Waals surface area contributed by atoms with Gasteiger partial charge in [0.25, 0.3) is 5.91 Å². The Bertz CT molecular complexity index is 866. The van der Waals surface area contributed by atoms with E-state index in [9.17, 15) is 14.4 Å². The number of carbonyl (C=O) groups excluding carboxylic acids is 3. The molecule has 0 aromatic heterocycles.